The highest BCUT2D eigenvalue weighted by Gasteiger charge is 2.14. The van der Waals surface area contributed by atoms with E-state index in [4.69, 9.17) is 4.74 Å². The summed E-state index contributed by atoms with van der Waals surface area (Å²) >= 11 is 0. The van der Waals surface area contributed by atoms with Gasteiger partial charge in [-0.05, 0) is 17.5 Å². The second-order valence-electron chi connectivity index (χ2n) is 4.51. The van der Waals surface area contributed by atoms with Crippen molar-refractivity contribution in [3.63, 3.8) is 0 Å². The van der Waals surface area contributed by atoms with Crippen molar-refractivity contribution in [1.82, 2.24) is 5.32 Å². The van der Waals surface area contributed by atoms with Crippen LogP contribution in [0.25, 0.3) is 0 Å². The molecule has 1 aromatic rings. The lowest BCUT2D eigenvalue weighted by atomic mass is 10.1. The fourth-order valence-corrected chi connectivity index (χ4v) is 1.97. The van der Waals surface area contributed by atoms with Gasteiger partial charge in [-0.15, -0.1) is 0 Å². The molecule has 0 radical (unpaired) electrons. The molecule has 0 saturated carbocycles. The third kappa shape index (κ3) is 3.82. The van der Waals surface area contributed by atoms with Crippen molar-refractivity contribution in [3.05, 3.63) is 35.4 Å². The van der Waals surface area contributed by atoms with Crippen molar-refractivity contribution in [2.45, 2.75) is 25.4 Å². The van der Waals surface area contributed by atoms with Crippen molar-refractivity contribution in [2.24, 2.45) is 0 Å². The summed E-state index contributed by atoms with van der Waals surface area (Å²) in [6, 6.07) is 8.50. The molecule has 18 heavy (non-hydrogen) atoms. The number of nitrogens with one attached hydrogen (secondary N) is 1. The van der Waals surface area contributed by atoms with E-state index in [1.807, 2.05) is 24.3 Å². The standard InChI is InChI=1S/C14H19NO3/c1-17-14(16)8-11-2-4-12(5-3-11)9-15-13-6-7-18-10-13/h2-5,13,15H,6-10H2,1H3. The fourth-order valence-electron chi connectivity index (χ4n) is 1.97. The first kappa shape index (κ1) is 13.1. The average molecular weight is 249 g/mol. The van der Waals surface area contributed by atoms with Gasteiger partial charge < -0.3 is 14.8 Å². The van der Waals surface area contributed by atoms with E-state index in [-0.39, 0.29) is 5.97 Å². The molecule has 1 heterocycles. The zero-order valence-electron chi connectivity index (χ0n) is 10.6. The molecule has 4 nitrogen and oxygen atoms in total. The highest BCUT2D eigenvalue weighted by Crippen LogP contribution is 2.08. The van der Waals surface area contributed by atoms with E-state index in [1.165, 1.54) is 12.7 Å². The molecule has 0 aromatic heterocycles. The number of rotatable bonds is 5. The molecule has 1 aromatic carbocycles. The molecule has 1 fully saturated rings. The molecule has 0 bridgehead atoms. The largest absolute Gasteiger partial charge is 0.469 e. The van der Waals surface area contributed by atoms with E-state index in [2.05, 4.69) is 10.1 Å². The third-order valence-electron chi connectivity index (χ3n) is 3.12. The first-order chi connectivity index (χ1) is 8.78. The van der Waals surface area contributed by atoms with Crippen LogP contribution >= 0.6 is 0 Å². The zero-order valence-corrected chi connectivity index (χ0v) is 10.6. The molecule has 2 rings (SSSR count). The maximum atomic E-state index is 11.1. The fraction of sp³-hybridized carbons (Fsp3) is 0.500. The molecule has 1 saturated heterocycles. The van der Waals surface area contributed by atoms with Gasteiger partial charge in [-0.25, -0.2) is 0 Å². The van der Waals surface area contributed by atoms with E-state index < -0.39 is 0 Å². The Hall–Kier alpha value is -1.39. The van der Waals surface area contributed by atoms with Gasteiger partial charge in [-0.1, -0.05) is 24.3 Å². The summed E-state index contributed by atoms with van der Waals surface area (Å²) in [5.41, 5.74) is 2.20. The summed E-state index contributed by atoms with van der Waals surface area (Å²) in [6.45, 7) is 2.50. The molecule has 98 valence electrons. The topological polar surface area (TPSA) is 47.6 Å². The molecule has 1 atom stereocenters. The Bertz CT molecular complexity index is 383. The molecule has 0 aliphatic carbocycles. The van der Waals surface area contributed by atoms with Crippen LogP contribution in [0.15, 0.2) is 24.3 Å². The second kappa shape index (κ2) is 6.52. The van der Waals surface area contributed by atoms with Gasteiger partial charge in [0.2, 0.25) is 0 Å². The highest BCUT2D eigenvalue weighted by molar-refractivity contribution is 5.72. The van der Waals surface area contributed by atoms with Crippen LogP contribution in [-0.2, 0) is 27.2 Å². The van der Waals surface area contributed by atoms with Crippen molar-refractivity contribution in [2.75, 3.05) is 20.3 Å². The number of hydrogen-bond acceptors (Lipinski definition) is 4. The van der Waals surface area contributed by atoms with Crippen LogP contribution in [0.1, 0.15) is 17.5 Å². The Balaban J connectivity index is 1.81. The lowest BCUT2D eigenvalue weighted by Gasteiger charge is -2.10. The Morgan fingerprint density at radius 1 is 1.39 bits per heavy atom. The Morgan fingerprint density at radius 3 is 2.72 bits per heavy atom. The molecule has 1 aliphatic heterocycles. The van der Waals surface area contributed by atoms with Crippen LogP contribution in [0, 0.1) is 0 Å². The van der Waals surface area contributed by atoms with E-state index in [0.29, 0.717) is 12.5 Å². The van der Waals surface area contributed by atoms with E-state index in [9.17, 15) is 4.79 Å². The Kier molecular flexibility index (Phi) is 4.73. The normalized spacial score (nSPS) is 18.8. The molecular weight excluding hydrogens is 230 g/mol. The van der Waals surface area contributed by atoms with Gasteiger partial charge in [-0.3, -0.25) is 4.79 Å². The predicted octanol–water partition coefficient (Wildman–Crippen LogP) is 1.28. The molecule has 0 amide bonds. The summed E-state index contributed by atoms with van der Waals surface area (Å²) < 4.78 is 9.94. The summed E-state index contributed by atoms with van der Waals surface area (Å²) in [6.07, 6.45) is 1.42. The number of carbonyl (C=O) groups is 1. The van der Waals surface area contributed by atoms with Gasteiger partial charge in [0.25, 0.3) is 0 Å². The van der Waals surface area contributed by atoms with Crippen molar-refractivity contribution in [1.29, 1.82) is 0 Å². The van der Waals surface area contributed by atoms with Crippen LogP contribution in [0.2, 0.25) is 0 Å². The summed E-state index contributed by atoms with van der Waals surface area (Å²) in [7, 11) is 1.41. The Labute approximate surface area is 107 Å². The maximum absolute atomic E-state index is 11.1. The lowest BCUT2D eigenvalue weighted by Crippen LogP contribution is -2.28. The lowest BCUT2D eigenvalue weighted by molar-refractivity contribution is -0.139. The first-order valence-corrected chi connectivity index (χ1v) is 6.23. The molecule has 1 N–H and O–H groups in total. The smallest absolute Gasteiger partial charge is 0.309 e. The summed E-state index contributed by atoms with van der Waals surface area (Å²) in [5, 5.41) is 3.45. The second-order valence-corrected chi connectivity index (χ2v) is 4.51. The van der Waals surface area contributed by atoms with Gasteiger partial charge in [0.1, 0.15) is 0 Å². The van der Waals surface area contributed by atoms with Crippen molar-refractivity contribution >= 4 is 5.97 Å². The number of ether oxygens (including phenoxy) is 2. The minimum Gasteiger partial charge on any atom is -0.469 e. The summed E-state index contributed by atoms with van der Waals surface area (Å²) in [5.74, 6) is -0.205. The molecule has 1 aliphatic rings. The average Bonchev–Trinajstić information content (AvgIpc) is 2.91. The SMILES string of the molecule is COC(=O)Cc1ccc(CNC2CCOC2)cc1. The maximum Gasteiger partial charge on any atom is 0.309 e. The van der Waals surface area contributed by atoms with Crippen LogP contribution in [0.3, 0.4) is 0 Å². The number of benzene rings is 1. The number of methoxy groups -OCH3 is 1. The van der Waals surface area contributed by atoms with Crippen LogP contribution in [0.5, 0.6) is 0 Å². The predicted molar refractivity (Wildman–Crippen MR) is 68.2 cm³/mol. The highest BCUT2D eigenvalue weighted by atomic mass is 16.5. The quantitative estimate of drug-likeness (QED) is 0.799. The van der Waals surface area contributed by atoms with Gasteiger partial charge in [0.15, 0.2) is 0 Å². The van der Waals surface area contributed by atoms with E-state index in [1.54, 1.807) is 0 Å². The molecule has 0 spiro atoms. The number of carbonyl (C=O) groups excluding carboxylic acids is 1. The molecule has 1 unspecified atom stereocenters. The number of hydrogen-bond donors (Lipinski definition) is 1. The first-order valence-electron chi connectivity index (χ1n) is 6.23. The van der Waals surface area contributed by atoms with Gasteiger partial charge in [0, 0.05) is 19.2 Å². The minimum absolute atomic E-state index is 0.205. The van der Waals surface area contributed by atoms with E-state index >= 15 is 0 Å². The molecular formula is C14H19NO3. The van der Waals surface area contributed by atoms with Gasteiger partial charge >= 0.3 is 5.97 Å². The summed E-state index contributed by atoms with van der Waals surface area (Å²) in [4.78, 5) is 11.1. The van der Waals surface area contributed by atoms with Gasteiger partial charge in [0.05, 0.1) is 20.1 Å². The van der Waals surface area contributed by atoms with Crippen molar-refractivity contribution in [3.8, 4) is 0 Å². The van der Waals surface area contributed by atoms with Crippen LogP contribution < -0.4 is 5.32 Å². The van der Waals surface area contributed by atoms with E-state index in [0.717, 1.165) is 31.7 Å². The zero-order chi connectivity index (χ0) is 12.8. The Morgan fingerprint density at radius 2 is 2.11 bits per heavy atom. The molecule has 4 heteroatoms. The van der Waals surface area contributed by atoms with Gasteiger partial charge in [-0.2, -0.15) is 0 Å². The van der Waals surface area contributed by atoms with Crippen LogP contribution in [-0.4, -0.2) is 32.3 Å². The van der Waals surface area contributed by atoms with Crippen molar-refractivity contribution < 1.29 is 14.3 Å². The minimum atomic E-state index is -0.205. The van der Waals surface area contributed by atoms with Crippen LogP contribution in [0.4, 0.5) is 0 Å². The third-order valence-corrected chi connectivity index (χ3v) is 3.12. The number of esters is 1. The monoisotopic (exact) mass is 249 g/mol.